The molecule has 150 valence electrons. The summed E-state index contributed by atoms with van der Waals surface area (Å²) in [5.41, 5.74) is 8.17. The summed E-state index contributed by atoms with van der Waals surface area (Å²) in [6.07, 6.45) is 3.02. The largest absolute Gasteiger partial charge is 0.477 e. The monoisotopic (exact) mass is 388 g/mol. The van der Waals surface area contributed by atoms with Gasteiger partial charge in [-0.1, -0.05) is 0 Å². The molecule has 0 bridgehead atoms. The van der Waals surface area contributed by atoms with Gasteiger partial charge in [0.1, 0.15) is 12.0 Å². The number of nitrogens with two attached hydrogens (primary N) is 1. The molecule has 0 spiro atoms. The summed E-state index contributed by atoms with van der Waals surface area (Å²) in [4.78, 5) is 7.93. The topological polar surface area (TPSA) is 54.6 Å². The zero-order chi connectivity index (χ0) is 19.8. The molecule has 1 aromatic carbocycles. The molecule has 2 unspecified atom stereocenters. The number of ether oxygens (including phenoxy) is 1. The van der Waals surface area contributed by atoms with E-state index in [1.54, 1.807) is 24.4 Å². The fraction of sp³-hybridized carbons (Fsp3) is 0.476. The number of nitrogens with zero attached hydrogens (tertiary/aromatic N) is 3. The van der Waals surface area contributed by atoms with Gasteiger partial charge in [-0.05, 0) is 51.1 Å². The summed E-state index contributed by atoms with van der Waals surface area (Å²) in [5.74, 6) is 0.788. The average Bonchev–Trinajstić information content (AvgIpc) is 3.42. The second-order valence-electron chi connectivity index (χ2n) is 7.98. The Hall–Kier alpha value is -2.41. The predicted octanol–water partition coefficient (Wildman–Crippen LogP) is 3.35. The van der Waals surface area contributed by atoms with E-state index < -0.39 is 12.0 Å². The molecule has 1 saturated heterocycles. The number of hydrogen-bond acceptors (Lipinski definition) is 5. The van der Waals surface area contributed by atoms with Crippen molar-refractivity contribution in [2.24, 2.45) is 5.92 Å². The van der Waals surface area contributed by atoms with Crippen LogP contribution in [0.1, 0.15) is 12.8 Å². The zero-order valence-corrected chi connectivity index (χ0v) is 16.2. The number of pyridine rings is 1. The molecule has 2 N–H and O–H groups in total. The lowest BCUT2D eigenvalue weighted by Gasteiger charge is -2.23. The Balaban J connectivity index is 1.52. The van der Waals surface area contributed by atoms with Crippen LogP contribution in [-0.4, -0.2) is 55.9 Å². The predicted molar refractivity (Wildman–Crippen MR) is 107 cm³/mol. The van der Waals surface area contributed by atoms with Gasteiger partial charge >= 0.3 is 0 Å². The molecule has 1 aliphatic carbocycles. The van der Waals surface area contributed by atoms with Crippen LogP contribution in [0.15, 0.2) is 30.5 Å². The molecule has 2 aromatic rings. The van der Waals surface area contributed by atoms with Gasteiger partial charge in [-0.2, -0.15) is 0 Å². The number of alkyl halides is 1. The second kappa shape index (κ2) is 7.54. The van der Waals surface area contributed by atoms with E-state index in [0.717, 1.165) is 0 Å². The fourth-order valence-corrected chi connectivity index (χ4v) is 3.62. The normalized spacial score (nSPS) is 22.1. The maximum absolute atomic E-state index is 14.8. The first kappa shape index (κ1) is 18.9. The summed E-state index contributed by atoms with van der Waals surface area (Å²) >= 11 is 0. The SMILES string of the molecule is CN(C)C1CN(c2cc(F)c(-c3ccc(OCC4CC4)nc3)cc2N)CC1F. The Morgan fingerprint density at radius 1 is 1.25 bits per heavy atom. The number of nitrogen functional groups attached to an aromatic ring is 1. The van der Waals surface area contributed by atoms with Crippen LogP contribution in [-0.2, 0) is 0 Å². The number of halogens is 2. The highest BCUT2D eigenvalue weighted by atomic mass is 19.1. The van der Waals surface area contributed by atoms with Crippen LogP contribution >= 0.6 is 0 Å². The number of aromatic nitrogens is 1. The molecule has 1 aliphatic heterocycles. The Morgan fingerprint density at radius 2 is 2.04 bits per heavy atom. The third-order valence-corrected chi connectivity index (χ3v) is 5.55. The minimum atomic E-state index is -0.996. The van der Waals surface area contributed by atoms with Gasteiger partial charge in [0, 0.05) is 29.9 Å². The van der Waals surface area contributed by atoms with Crippen molar-refractivity contribution >= 4 is 11.4 Å². The van der Waals surface area contributed by atoms with Gasteiger partial charge < -0.3 is 20.3 Å². The van der Waals surface area contributed by atoms with Crippen molar-refractivity contribution < 1.29 is 13.5 Å². The van der Waals surface area contributed by atoms with E-state index in [0.29, 0.717) is 47.5 Å². The highest BCUT2D eigenvalue weighted by molar-refractivity contribution is 5.77. The van der Waals surface area contributed by atoms with Crippen LogP contribution in [0, 0.1) is 11.7 Å². The molecule has 2 atom stereocenters. The van der Waals surface area contributed by atoms with Crippen LogP contribution in [0.4, 0.5) is 20.2 Å². The van der Waals surface area contributed by atoms with Crippen molar-refractivity contribution in [1.29, 1.82) is 0 Å². The van der Waals surface area contributed by atoms with Crippen molar-refractivity contribution in [3.63, 3.8) is 0 Å². The molecular formula is C21H26F2N4O. The molecule has 2 aliphatic rings. The van der Waals surface area contributed by atoms with E-state index in [1.807, 2.05) is 23.9 Å². The first-order valence-electron chi connectivity index (χ1n) is 9.66. The highest BCUT2D eigenvalue weighted by Gasteiger charge is 2.35. The van der Waals surface area contributed by atoms with E-state index in [-0.39, 0.29) is 12.6 Å². The van der Waals surface area contributed by atoms with Crippen LogP contribution in [0.3, 0.4) is 0 Å². The molecule has 4 rings (SSSR count). The van der Waals surface area contributed by atoms with Crippen molar-refractivity contribution in [2.45, 2.75) is 25.1 Å². The first-order chi connectivity index (χ1) is 13.4. The summed E-state index contributed by atoms with van der Waals surface area (Å²) in [5, 5.41) is 0. The molecule has 0 amide bonds. The quantitative estimate of drug-likeness (QED) is 0.769. The van der Waals surface area contributed by atoms with Gasteiger partial charge in [0.2, 0.25) is 5.88 Å². The van der Waals surface area contributed by atoms with Crippen molar-refractivity contribution in [3.8, 4) is 17.0 Å². The van der Waals surface area contributed by atoms with Gasteiger partial charge in [-0.15, -0.1) is 0 Å². The molecule has 1 aromatic heterocycles. The lowest BCUT2D eigenvalue weighted by Crippen LogP contribution is -2.36. The van der Waals surface area contributed by atoms with Crippen molar-refractivity contribution in [1.82, 2.24) is 9.88 Å². The summed E-state index contributed by atoms with van der Waals surface area (Å²) in [7, 11) is 3.69. The first-order valence-corrected chi connectivity index (χ1v) is 9.66. The van der Waals surface area contributed by atoms with Gasteiger partial charge in [-0.25, -0.2) is 13.8 Å². The molecule has 2 fully saturated rings. The van der Waals surface area contributed by atoms with E-state index in [4.69, 9.17) is 10.5 Å². The summed E-state index contributed by atoms with van der Waals surface area (Å²) < 4.78 is 34.7. The van der Waals surface area contributed by atoms with Gasteiger partial charge in [0.15, 0.2) is 0 Å². The highest BCUT2D eigenvalue weighted by Crippen LogP contribution is 2.35. The third-order valence-electron chi connectivity index (χ3n) is 5.55. The van der Waals surface area contributed by atoms with E-state index in [2.05, 4.69) is 4.98 Å². The standard InChI is InChI=1S/C21H26F2N4O/c1-26(2)20-11-27(10-17(20)23)19-8-16(22)15(7-18(19)24)14-5-6-21(25-9-14)28-12-13-3-4-13/h5-9,13,17,20H,3-4,10-12,24H2,1-2H3. The lowest BCUT2D eigenvalue weighted by molar-refractivity contribution is 0.202. The van der Waals surface area contributed by atoms with Gasteiger partial charge in [0.25, 0.3) is 0 Å². The average molecular weight is 388 g/mol. The van der Waals surface area contributed by atoms with Crippen LogP contribution < -0.4 is 15.4 Å². The van der Waals surface area contributed by atoms with Crippen molar-refractivity contribution in [3.05, 3.63) is 36.3 Å². The molecule has 28 heavy (non-hydrogen) atoms. The zero-order valence-electron chi connectivity index (χ0n) is 16.2. The molecule has 5 nitrogen and oxygen atoms in total. The van der Waals surface area contributed by atoms with Crippen LogP contribution in [0.2, 0.25) is 0 Å². The van der Waals surface area contributed by atoms with E-state index in [1.165, 1.54) is 18.9 Å². The maximum atomic E-state index is 14.8. The maximum Gasteiger partial charge on any atom is 0.213 e. The Labute approximate surface area is 164 Å². The third kappa shape index (κ3) is 3.90. The Bertz CT molecular complexity index is 839. The molecule has 1 saturated carbocycles. The van der Waals surface area contributed by atoms with Crippen molar-refractivity contribution in [2.75, 3.05) is 44.4 Å². The van der Waals surface area contributed by atoms with Crippen LogP contribution in [0.5, 0.6) is 5.88 Å². The minimum Gasteiger partial charge on any atom is -0.477 e. The molecule has 2 heterocycles. The Morgan fingerprint density at radius 3 is 2.64 bits per heavy atom. The van der Waals surface area contributed by atoms with E-state index in [9.17, 15) is 8.78 Å². The second-order valence-corrected chi connectivity index (χ2v) is 7.98. The Kier molecular flexibility index (Phi) is 5.10. The number of rotatable bonds is 6. The van der Waals surface area contributed by atoms with E-state index >= 15 is 0 Å². The fourth-order valence-electron chi connectivity index (χ4n) is 3.62. The number of benzene rings is 1. The molecule has 7 heteroatoms. The summed E-state index contributed by atoms with van der Waals surface area (Å²) in [6.45, 7) is 1.37. The summed E-state index contributed by atoms with van der Waals surface area (Å²) in [6, 6.07) is 6.30. The molecular weight excluding hydrogens is 362 g/mol. The molecule has 0 radical (unpaired) electrons. The van der Waals surface area contributed by atoms with Gasteiger partial charge in [0.05, 0.1) is 30.6 Å². The lowest BCUT2D eigenvalue weighted by atomic mass is 10.0. The number of anilines is 2. The smallest absolute Gasteiger partial charge is 0.213 e. The number of hydrogen-bond donors (Lipinski definition) is 1. The minimum absolute atomic E-state index is 0.209. The number of likely N-dealkylation sites (N-methyl/N-ethyl adjacent to an activating group) is 1. The van der Waals surface area contributed by atoms with Crippen LogP contribution in [0.25, 0.3) is 11.1 Å². The van der Waals surface area contributed by atoms with Gasteiger partial charge in [-0.3, -0.25) is 0 Å².